The normalized spacial score (nSPS) is 18.5. The maximum atomic E-state index is 11.7. The van der Waals surface area contributed by atoms with Gasteiger partial charge in [0.05, 0.1) is 12.5 Å². The van der Waals surface area contributed by atoms with Crippen molar-refractivity contribution in [2.45, 2.75) is 26.2 Å². The Balaban J connectivity index is 1.90. The van der Waals surface area contributed by atoms with E-state index in [-0.39, 0.29) is 5.92 Å². The van der Waals surface area contributed by atoms with Gasteiger partial charge in [0.2, 0.25) is 0 Å². The summed E-state index contributed by atoms with van der Waals surface area (Å²) < 4.78 is 4.92. The molecule has 0 aliphatic heterocycles. The van der Waals surface area contributed by atoms with Crippen LogP contribution in [0, 0.1) is 11.8 Å². The molecule has 0 N–H and O–H groups in total. The number of carbonyl (C=O) groups is 1. The third-order valence-electron chi connectivity index (χ3n) is 2.80. The molecule has 1 atom stereocenters. The Morgan fingerprint density at radius 2 is 2.46 bits per heavy atom. The first-order valence-electron chi connectivity index (χ1n) is 4.81. The maximum absolute atomic E-state index is 11.7. The molecule has 2 nitrogen and oxygen atoms in total. The Labute approximate surface area is 77.9 Å². The van der Waals surface area contributed by atoms with Crippen LogP contribution in [-0.2, 0) is 11.2 Å². The second kappa shape index (κ2) is 3.36. The topological polar surface area (TPSA) is 30.2 Å². The zero-order valence-corrected chi connectivity index (χ0v) is 7.82. The molecule has 70 valence electrons. The first kappa shape index (κ1) is 8.54. The van der Waals surface area contributed by atoms with Gasteiger partial charge in [0.15, 0.2) is 0 Å². The van der Waals surface area contributed by atoms with Crippen molar-refractivity contribution in [3.05, 3.63) is 24.2 Å². The van der Waals surface area contributed by atoms with Crippen molar-refractivity contribution in [2.24, 2.45) is 11.8 Å². The van der Waals surface area contributed by atoms with Crippen molar-refractivity contribution in [1.29, 1.82) is 0 Å². The standard InChI is InChI=1S/C11H14O2/c1-8(10-2-3-10)11(12)6-9-4-5-13-7-9/h4-5,7-8,10H,2-3,6H2,1H3. The molecular weight excluding hydrogens is 164 g/mol. The van der Waals surface area contributed by atoms with Crippen LogP contribution in [0.5, 0.6) is 0 Å². The first-order valence-corrected chi connectivity index (χ1v) is 4.81. The summed E-state index contributed by atoms with van der Waals surface area (Å²) in [6.07, 6.45) is 6.27. The zero-order valence-electron chi connectivity index (χ0n) is 7.82. The molecule has 0 aromatic carbocycles. The number of hydrogen-bond donors (Lipinski definition) is 0. The van der Waals surface area contributed by atoms with Crippen LogP contribution >= 0.6 is 0 Å². The van der Waals surface area contributed by atoms with E-state index in [4.69, 9.17) is 4.42 Å². The van der Waals surface area contributed by atoms with Crippen molar-refractivity contribution in [3.63, 3.8) is 0 Å². The molecule has 0 bridgehead atoms. The van der Waals surface area contributed by atoms with Gasteiger partial charge >= 0.3 is 0 Å². The monoisotopic (exact) mass is 178 g/mol. The first-order chi connectivity index (χ1) is 6.27. The third-order valence-corrected chi connectivity index (χ3v) is 2.80. The molecule has 13 heavy (non-hydrogen) atoms. The minimum absolute atomic E-state index is 0.245. The van der Waals surface area contributed by atoms with Gasteiger partial charge in [0.25, 0.3) is 0 Å². The van der Waals surface area contributed by atoms with Gasteiger partial charge in [-0.1, -0.05) is 6.92 Å². The molecule has 1 aliphatic rings. The summed E-state index contributed by atoms with van der Waals surface area (Å²) in [4.78, 5) is 11.7. The molecule has 0 spiro atoms. The number of carbonyl (C=O) groups excluding carboxylic acids is 1. The summed E-state index contributed by atoms with van der Waals surface area (Å²) in [5.74, 6) is 1.26. The molecule has 1 fully saturated rings. The fraction of sp³-hybridized carbons (Fsp3) is 0.545. The Bertz CT molecular complexity index is 283. The highest BCUT2D eigenvalue weighted by Gasteiger charge is 2.32. The number of ketones is 1. The average molecular weight is 178 g/mol. The van der Waals surface area contributed by atoms with Crippen molar-refractivity contribution in [2.75, 3.05) is 0 Å². The fourth-order valence-corrected chi connectivity index (χ4v) is 1.61. The molecule has 1 saturated carbocycles. The van der Waals surface area contributed by atoms with E-state index in [1.807, 2.05) is 13.0 Å². The highest BCUT2D eigenvalue weighted by molar-refractivity contribution is 5.83. The molecule has 1 unspecified atom stereocenters. The van der Waals surface area contributed by atoms with E-state index in [0.29, 0.717) is 18.1 Å². The van der Waals surface area contributed by atoms with E-state index in [2.05, 4.69) is 0 Å². The van der Waals surface area contributed by atoms with Crippen LogP contribution in [0.1, 0.15) is 25.3 Å². The van der Waals surface area contributed by atoms with Crippen LogP contribution in [0.15, 0.2) is 23.0 Å². The van der Waals surface area contributed by atoms with Gasteiger partial charge in [-0.2, -0.15) is 0 Å². The minimum Gasteiger partial charge on any atom is -0.472 e. The Morgan fingerprint density at radius 1 is 1.69 bits per heavy atom. The van der Waals surface area contributed by atoms with Crippen LogP contribution < -0.4 is 0 Å². The van der Waals surface area contributed by atoms with Crippen LogP contribution in [-0.4, -0.2) is 5.78 Å². The van der Waals surface area contributed by atoms with E-state index in [1.165, 1.54) is 12.8 Å². The van der Waals surface area contributed by atoms with Gasteiger partial charge in [0, 0.05) is 12.3 Å². The molecule has 0 amide bonds. The SMILES string of the molecule is CC(C(=O)Cc1ccoc1)C1CC1. The average Bonchev–Trinajstić information content (AvgIpc) is 2.85. The van der Waals surface area contributed by atoms with E-state index in [0.717, 1.165) is 5.56 Å². The van der Waals surface area contributed by atoms with Gasteiger partial charge in [-0.05, 0) is 30.4 Å². The number of Topliss-reactive ketones (excluding diaryl/α,β-unsaturated/α-hetero) is 1. The van der Waals surface area contributed by atoms with Crippen LogP contribution in [0.25, 0.3) is 0 Å². The molecule has 1 aromatic rings. The zero-order chi connectivity index (χ0) is 9.26. The molecule has 0 saturated heterocycles. The second-order valence-corrected chi connectivity index (χ2v) is 3.90. The van der Waals surface area contributed by atoms with E-state index in [1.54, 1.807) is 12.5 Å². The van der Waals surface area contributed by atoms with E-state index in [9.17, 15) is 4.79 Å². The summed E-state index contributed by atoms with van der Waals surface area (Å²) in [5, 5.41) is 0. The lowest BCUT2D eigenvalue weighted by Crippen LogP contribution is -2.14. The van der Waals surface area contributed by atoms with Crippen LogP contribution in [0.4, 0.5) is 0 Å². The smallest absolute Gasteiger partial charge is 0.140 e. The number of hydrogen-bond acceptors (Lipinski definition) is 2. The number of furan rings is 1. The summed E-state index contributed by atoms with van der Waals surface area (Å²) in [6, 6.07) is 1.86. The molecular formula is C11H14O2. The van der Waals surface area contributed by atoms with Crippen molar-refractivity contribution in [1.82, 2.24) is 0 Å². The van der Waals surface area contributed by atoms with Gasteiger partial charge < -0.3 is 4.42 Å². The van der Waals surface area contributed by atoms with Gasteiger partial charge in [-0.25, -0.2) is 0 Å². The lowest BCUT2D eigenvalue weighted by Gasteiger charge is -2.06. The summed E-state index contributed by atoms with van der Waals surface area (Å²) >= 11 is 0. The summed E-state index contributed by atoms with van der Waals surface area (Å²) in [5.41, 5.74) is 0.998. The quantitative estimate of drug-likeness (QED) is 0.708. The minimum atomic E-state index is 0.245. The largest absolute Gasteiger partial charge is 0.472 e. The highest BCUT2D eigenvalue weighted by atomic mass is 16.3. The maximum Gasteiger partial charge on any atom is 0.140 e. The fourth-order valence-electron chi connectivity index (χ4n) is 1.61. The molecule has 0 radical (unpaired) electrons. The van der Waals surface area contributed by atoms with Crippen molar-refractivity contribution >= 4 is 5.78 Å². The van der Waals surface area contributed by atoms with E-state index < -0.39 is 0 Å². The van der Waals surface area contributed by atoms with Gasteiger partial charge in [0.1, 0.15) is 5.78 Å². The second-order valence-electron chi connectivity index (χ2n) is 3.90. The molecule has 1 aromatic heterocycles. The molecule has 1 aliphatic carbocycles. The predicted molar refractivity (Wildman–Crippen MR) is 49.3 cm³/mol. The molecule has 2 heteroatoms. The van der Waals surface area contributed by atoms with Gasteiger partial charge in [-0.15, -0.1) is 0 Å². The lowest BCUT2D eigenvalue weighted by molar-refractivity contribution is -0.122. The van der Waals surface area contributed by atoms with Crippen molar-refractivity contribution < 1.29 is 9.21 Å². The Kier molecular flexibility index (Phi) is 2.21. The van der Waals surface area contributed by atoms with Gasteiger partial charge in [-0.3, -0.25) is 4.79 Å². The molecule has 2 rings (SSSR count). The molecule has 1 heterocycles. The summed E-state index contributed by atoms with van der Waals surface area (Å²) in [7, 11) is 0. The predicted octanol–water partition coefficient (Wildman–Crippen LogP) is 2.44. The summed E-state index contributed by atoms with van der Waals surface area (Å²) in [6.45, 7) is 2.04. The Morgan fingerprint density at radius 3 is 3.00 bits per heavy atom. The van der Waals surface area contributed by atoms with E-state index >= 15 is 0 Å². The third kappa shape index (κ3) is 2.00. The van der Waals surface area contributed by atoms with Crippen LogP contribution in [0.3, 0.4) is 0 Å². The van der Waals surface area contributed by atoms with Crippen LogP contribution in [0.2, 0.25) is 0 Å². The number of rotatable bonds is 4. The Hall–Kier alpha value is -1.05. The highest BCUT2D eigenvalue weighted by Crippen LogP contribution is 2.37. The lowest BCUT2D eigenvalue weighted by atomic mass is 9.97. The van der Waals surface area contributed by atoms with Crippen molar-refractivity contribution in [3.8, 4) is 0 Å².